The highest BCUT2D eigenvalue weighted by Gasteiger charge is 2.15. The second-order valence-corrected chi connectivity index (χ2v) is 8.36. The van der Waals surface area contributed by atoms with Gasteiger partial charge in [0.25, 0.3) is 5.91 Å². The summed E-state index contributed by atoms with van der Waals surface area (Å²) in [5, 5.41) is 0. The van der Waals surface area contributed by atoms with Crippen molar-refractivity contribution >= 4 is 33.4 Å². The Balaban J connectivity index is 1.97. The maximum absolute atomic E-state index is 12.8. The molecule has 3 rings (SSSR count). The molecular weight excluding hydrogens is 412 g/mol. The molecule has 3 aromatic rings. The second-order valence-electron chi connectivity index (χ2n) is 7.35. The highest BCUT2D eigenvalue weighted by Crippen LogP contribution is 2.23. The lowest BCUT2D eigenvalue weighted by molar-refractivity contribution is -0.143. The molecule has 31 heavy (non-hydrogen) atoms. The number of nitrogens with zero attached hydrogens (tertiary/aromatic N) is 2. The van der Waals surface area contributed by atoms with Crippen molar-refractivity contribution in [3.05, 3.63) is 57.9 Å². The number of esters is 1. The Kier molecular flexibility index (Phi) is 7.63. The molecule has 1 amide bonds. The SMILES string of the molecule is CCCCOc1ccc(C(=O)N=c2sc3cc(C)cc(C)c3n2CC(=O)OCC)cc1. The molecule has 1 aromatic heterocycles. The summed E-state index contributed by atoms with van der Waals surface area (Å²) < 4.78 is 13.5. The molecule has 0 aliphatic carbocycles. The van der Waals surface area contributed by atoms with Gasteiger partial charge in [0.05, 0.1) is 23.4 Å². The fourth-order valence-electron chi connectivity index (χ4n) is 3.34. The predicted octanol–water partition coefficient (Wildman–Crippen LogP) is 4.80. The molecule has 2 aromatic carbocycles. The number of benzene rings is 2. The quantitative estimate of drug-likeness (QED) is 0.373. The Labute approximate surface area is 186 Å². The van der Waals surface area contributed by atoms with Gasteiger partial charge >= 0.3 is 5.97 Å². The van der Waals surface area contributed by atoms with E-state index in [1.807, 2.05) is 19.9 Å². The number of hydrogen-bond donors (Lipinski definition) is 0. The number of hydrogen-bond acceptors (Lipinski definition) is 5. The van der Waals surface area contributed by atoms with Crippen LogP contribution in [0.4, 0.5) is 0 Å². The van der Waals surface area contributed by atoms with E-state index in [0.29, 0.717) is 23.6 Å². The van der Waals surface area contributed by atoms with Gasteiger partial charge in [-0.3, -0.25) is 9.59 Å². The maximum atomic E-state index is 12.8. The van der Waals surface area contributed by atoms with Gasteiger partial charge in [0.15, 0.2) is 4.80 Å². The lowest BCUT2D eigenvalue weighted by Gasteiger charge is -2.08. The zero-order valence-corrected chi connectivity index (χ0v) is 19.3. The Morgan fingerprint density at radius 2 is 1.84 bits per heavy atom. The van der Waals surface area contributed by atoms with Gasteiger partial charge in [0.2, 0.25) is 0 Å². The summed E-state index contributed by atoms with van der Waals surface area (Å²) in [6.45, 7) is 8.86. The van der Waals surface area contributed by atoms with Crippen LogP contribution in [0.25, 0.3) is 10.2 Å². The average molecular weight is 441 g/mol. The van der Waals surface area contributed by atoms with E-state index in [2.05, 4.69) is 18.0 Å². The Morgan fingerprint density at radius 1 is 1.10 bits per heavy atom. The van der Waals surface area contributed by atoms with Crippen LogP contribution in [0, 0.1) is 13.8 Å². The number of carbonyl (C=O) groups is 2. The Bertz CT molecular complexity index is 1140. The normalized spacial score (nSPS) is 11.7. The van der Waals surface area contributed by atoms with Crippen molar-refractivity contribution in [1.82, 2.24) is 4.57 Å². The topological polar surface area (TPSA) is 69.9 Å². The number of aromatic nitrogens is 1. The van der Waals surface area contributed by atoms with E-state index in [4.69, 9.17) is 9.47 Å². The van der Waals surface area contributed by atoms with Gasteiger partial charge in [-0.05, 0) is 68.7 Å². The molecule has 0 saturated heterocycles. The third-order valence-corrected chi connectivity index (χ3v) is 5.79. The molecule has 164 valence electrons. The van der Waals surface area contributed by atoms with Crippen LogP contribution in [0.2, 0.25) is 0 Å². The predicted molar refractivity (Wildman–Crippen MR) is 123 cm³/mol. The zero-order chi connectivity index (χ0) is 22.4. The third kappa shape index (κ3) is 5.61. The van der Waals surface area contributed by atoms with Crippen molar-refractivity contribution in [2.24, 2.45) is 4.99 Å². The van der Waals surface area contributed by atoms with Crippen molar-refractivity contribution in [3.63, 3.8) is 0 Å². The Hall–Kier alpha value is -2.93. The fourth-order valence-corrected chi connectivity index (χ4v) is 4.54. The van der Waals surface area contributed by atoms with Gasteiger partial charge in [-0.2, -0.15) is 4.99 Å². The summed E-state index contributed by atoms with van der Waals surface area (Å²) in [4.78, 5) is 29.9. The standard InChI is InChI=1S/C24H28N2O4S/c1-5-7-12-30-19-10-8-18(9-11-19)23(28)25-24-26(15-21(27)29-6-2)22-17(4)13-16(3)14-20(22)31-24/h8-11,13-14H,5-7,12,15H2,1-4H3. The molecule has 0 saturated carbocycles. The first-order valence-corrected chi connectivity index (χ1v) is 11.3. The number of rotatable bonds is 8. The van der Waals surface area contributed by atoms with Crippen LogP contribution in [-0.4, -0.2) is 29.7 Å². The van der Waals surface area contributed by atoms with Crippen molar-refractivity contribution < 1.29 is 19.1 Å². The number of carbonyl (C=O) groups excluding carboxylic acids is 2. The molecule has 0 unspecified atom stereocenters. The van der Waals surface area contributed by atoms with Gasteiger partial charge in [0, 0.05) is 5.56 Å². The van der Waals surface area contributed by atoms with Crippen LogP contribution < -0.4 is 9.54 Å². The first-order chi connectivity index (χ1) is 14.9. The van der Waals surface area contributed by atoms with E-state index < -0.39 is 0 Å². The van der Waals surface area contributed by atoms with Crippen LogP contribution in [-0.2, 0) is 16.1 Å². The highest BCUT2D eigenvalue weighted by molar-refractivity contribution is 7.16. The van der Waals surface area contributed by atoms with Crippen LogP contribution in [0.3, 0.4) is 0 Å². The fraction of sp³-hybridized carbons (Fsp3) is 0.375. The molecule has 0 radical (unpaired) electrons. The minimum atomic E-state index is -0.362. The molecule has 0 fully saturated rings. The summed E-state index contributed by atoms with van der Waals surface area (Å²) in [6, 6.07) is 11.1. The summed E-state index contributed by atoms with van der Waals surface area (Å²) in [5.74, 6) is 0.0126. The van der Waals surface area contributed by atoms with Crippen LogP contribution in [0.15, 0.2) is 41.4 Å². The molecule has 0 aliphatic rings. The summed E-state index contributed by atoms with van der Waals surface area (Å²) in [5.41, 5.74) is 3.51. The second kappa shape index (κ2) is 10.4. The first kappa shape index (κ1) is 22.7. The molecule has 7 heteroatoms. The van der Waals surface area contributed by atoms with Crippen LogP contribution >= 0.6 is 11.3 Å². The van der Waals surface area contributed by atoms with Gasteiger partial charge < -0.3 is 14.0 Å². The smallest absolute Gasteiger partial charge is 0.326 e. The van der Waals surface area contributed by atoms with Gasteiger partial charge in [-0.15, -0.1) is 0 Å². The molecular formula is C24H28N2O4S. The summed E-state index contributed by atoms with van der Waals surface area (Å²) >= 11 is 1.40. The average Bonchev–Trinajstić information content (AvgIpc) is 3.05. The zero-order valence-electron chi connectivity index (χ0n) is 18.4. The molecule has 0 atom stereocenters. The van der Waals surface area contributed by atoms with Crippen molar-refractivity contribution in [1.29, 1.82) is 0 Å². The van der Waals surface area contributed by atoms with Crippen molar-refractivity contribution in [3.8, 4) is 5.75 Å². The summed E-state index contributed by atoms with van der Waals surface area (Å²) in [6.07, 6.45) is 2.05. The minimum absolute atomic E-state index is 0.00800. The van der Waals surface area contributed by atoms with Crippen molar-refractivity contribution in [2.75, 3.05) is 13.2 Å². The van der Waals surface area contributed by atoms with E-state index in [1.54, 1.807) is 35.8 Å². The number of ether oxygens (including phenoxy) is 2. The van der Waals surface area contributed by atoms with Gasteiger partial charge in [0.1, 0.15) is 12.3 Å². The monoisotopic (exact) mass is 440 g/mol. The van der Waals surface area contributed by atoms with E-state index in [-0.39, 0.29) is 18.4 Å². The van der Waals surface area contributed by atoms with E-state index in [1.165, 1.54) is 11.3 Å². The van der Waals surface area contributed by atoms with Crippen molar-refractivity contribution in [2.45, 2.75) is 47.1 Å². The number of amides is 1. The van der Waals surface area contributed by atoms with Crippen LogP contribution in [0.5, 0.6) is 5.75 Å². The van der Waals surface area contributed by atoms with E-state index in [0.717, 1.165) is 39.9 Å². The van der Waals surface area contributed by atoms with E-state index >= 15 is 0 Å². The lowest BCUT2D eigenvalue weighted by atomic mass is 10.1. The molecule has 0 aliphatic heterocycles. The summed E-state index contributed by atoms with van der Waals surface area (Å²) in [7, 11) is 0. The molecule has 6 nitrogen and oxygen atoms in total. The number of aryl methyl sites for hydroxylation is 2. The maximum Gasteiger partial charge on any atom is 0.326 e. The molecule has 0 N–H and O–H groups in total. The largest absolute Gasteiger partial charge is 0.494 e. The third-order valence-electron chi connectivity index (χ3n) is 4.77. The molecule has 0 spiro atoms. The minimum Gasteiger partial charge on any atom is -0.494 e. The van der Waals surface area contributed by atoms with Crippen LogP contribution in [0.1, 0.15) is 48.2 Å². The molecule has 0 bridgehead atoms. The van der Waals surface area contributed by atoms with E-state index in [9.17, 15) is 9.59 Å². The number of fused-ring (bicyclic) bond motifs is 1. The van der Waals surface area contributed by atoms with Gasteiger partial charge in [-0.1, -0.05) is 30.7 Å². The highest BCUT2D eigenvalue weighted by atomic mass is 32.1. The number of unbranched alkanes of at least 4 members (excludes halogenated alkanes) is 1. The van der Waals surface area contributed by atoms with Gasteiger partial charge in [-0.25, -0.2) is 0 Å². The lowest BCUT2D eigenvalue weighted by Crippen LogP contribution is -2.23. The first-order valence-electron chi connectivity index (χ1n) is 10.5. The number of thiazole rings is 1. The molecule has 1 heterocycles. The Morgan fingerprint density at radius 3 is 2.52 bits per heavy atom.